The van der Waals surface area contributed by atoms with E-state index in [0.29, 0.717) is 18.5 Å². The minimum atomic E-state index is -0.258. The lowest BCUT2D eigenvalue weighted by Gasteiger charge is -2.42. The van der Waals surface area contributed by atoms with Crippen LogP contribution in [0.1, 0.15) is 24.0 Å². The van der Waals surface area contributed by atoms with Crippen LogP contribution in [0.15, 0.2) is 42.6 Å². The van der Waals surface area contributed by atoms with Crippen molar-refractivity contribution in [1.29, 1.82) is 5.26 Å². The van der Waals surface area contributed by atoms with Crippen molar-refractivity contribution in [3.63, 3.8) is 0 Å². The van der Waals surface area contributed by atoms with Crippen molar-refractivity contribution in [2.45, 2.75) is 19.3 Å². The number of anilines is 1. The van der Waals surface area contributed by atoms with Crippen molar-refractivity contribution < 1.29 is 9.50 Å². The summed E-state index contributed by atoms with van der Waals surface area (Å²) in [4.78, 5) is 6.52. The van der Waals surface area contributed by atoms with E-state index in [2.05, 4.69) is 16.0 Å². The summed E-state index contributed by atoms with van der Waals surface area (Å²) >= 11 is 0. The highest BCUT2D eigenvalue weighted by Crippen LogP contribution is 2.35. The SMILES string of the molecule is N#Cc1ccc(N2CCC[C@](CO)(Cc3ccc(F)cc3)C2)nc1. The van der Waals surface area contributed by atoms with Gasteiger partial charge in [0.05, 0.1) is 12.2 Å². The molecule has 4 nitrogen and oxygen atoms in total. The van der Waals surface area contributed by atoms with Crippen LogP contribution >= 0.6 is 0 Å². The molecule has 0 saturated carbocycles. The van der Waals surface area contributed by atoms with Crippen LogP contribution < -0.4 is 4.90 Å². The molecule has 1 aliphatic rings. The number of aliphatic hydroxyl groups is 1. The van der Waals surface area contributed by atoms with E-state index < -0.39 is 0 Å². The van der Waals surface area contributed by atoms with E-state index in [1.165, 1.54) is 12.1 Å². The molecular formula is C19H20FN3O. The van der Waals surface area contributed by atoms with Gasteiger partial charge in [0.25, 0.3) is 0 Å². The minimum Gasteiger partial charge on any atom is -0.396 e. The zero-order chi connectivity index (χ0) is 17.0. The second kappa shape index (κ2) is 6.98. The maximum Gasteiger partial charge on any atom is 0.128 e. The molecule has 1 fully saturated rings. The third kappa shape index (κ3) is 3.55. The van der Waals surface area contributed by atoms with Gasteiger partial charge in [0.2, 0.25) is 0 Å². The maximum atomic E-state index is 13.1. The van der Waals surface area contributed by atoms with Gasteiger partial charge in [-0.1, -0.05) is 12.1 Å². The summed E-state index contributed by atoms with van der Waals surface area (Å²) in [7, 11) is 0. The second-order valence-electron chi connectivity index (χ2n) is 6.50. The summed E-state index contributed by atoms with van der Waals surface area (Å²) in [5.41, 5.74) is 1.31. The van der Waals surface area contributed by atoms with E-state index in [9.17, 15) is 9.50 Å². The molecule has 3 rings (SSSR count). The van der Waals surface area contributed by atoms with Gasteiger partial charge in [-0.05, 0) is 49.1 Å². The number of pyridine rings is 1. The fourth-order valence-corrected chi connectivity index (χ4v) is 3.41. The van der Waals surface area contributed by atoms with E-state index >= 15 is 0 Å². The van der Waals surface area contributed by atoms with E-state index in [0.717, 1.165) is 30.8 Å². The summed E-state index contributed by atoms with van der Waals surface area (Å²) in [5, 5.41) is 18.9. The van der Waals surface area contributed by atoms with Crippen LogP contribution in [0.5, 0.6) is 0 Å². The predicted octanol–water partition coefficient (Wildman–Crippen LogP) is 2.91. The number of hydrogen-bond acceptors (Lipinski definition) is 4. The van der Waals surface area contributed by atoms with Crippen molar-refractivity contribution in [3.8, 4) is 6.07 Å². The fraction of sp³-hybridized carbons (Fsp3) is 0.368. The Balaban J connectivity index is 1.78. The highest BCUT2D eigenvalue weighted by Gasteiger charge is 2.35. The van der Waals surface area contributed by atoms with Gasteiger partial charge in [-0.2, -0.15) is 5.26 Å². The van der Waals surface area contributed by atoms with E-state index in [1.807, 2.05) is 6.07 Å². The fourth-order valence-electron chi connectivity index (χ4n) is 3.41. The Kier molecular flexibility index (Phi) is 4.77. The summed E-state index contributed by atoms with van der Waals surface area (Å²) in [6, 6.07) is 12.2. The smallest absolute Gasteiger partial charge is 0.128 e. The number of halogens is 1. The molecule has 0 spiro atoms. The number of piperidine rings is 1. The molecule has 1 atom stereocenters. The van der Waals surface area contributed by atoms with Crippen molar-refractivity contribution in [1.82, 2.24) is 4.98 Å². The maximum absolute atomic E-state index is 13.1. The van der Waals surface area contributed by atoms with Gasteiger partial charge in [-0.25, -0.2) is 9.37 Å². The summed E-state index contributed by atoms with van der Waals surface area (Å²) in [5.74, 6) is 0.578. The Morgan fingerprint density at radius 1 is 1.25 bits per heavy atom. The highest BCUT2D eigenvalue weighted by atomic mass is 19.1. The van der Waals surface area contributed by atoms with Crippen LogP contribution in [0.4, 0.5) is 10.2 Å². The number of benzene rings is 1. The second-order valence-corrected chi connectivity index (χ2v) is 6.50. The van der Waals surface area contributed by atoms with Crippen molar-refractivity contribution >= 4 is 5.82 Å². The van der Waals surface area contributed by atoms with Crippen LogP contribution in [0.25, 0.3) is 0 Å². The molecule has 0 aliphatic carbocycles. The number of nitriles is 1. The summed E-state index contributed by atoms with van der Waals surface area (Å²) in [6.07, 6.45) is 4.16. The zero-order valence-corrected chi connectivity index (χ0v) is 13.5. The van der Waals surface area contributed by atoms with Gasteiger partial charge in [-0.15, -0.1) is 0 Å². The first-order valence-corrected chi connectivity index (χ1v) is 8.11. The average molecular weight is 325 g/mol. The molecule has 5 heteroatoms. The highest BCUT2D eigenvalue weighted by molar-refractivity contribution is 5.42. The summed E-state index contributed by atoms with van der Waals surface area (Å²) < 4.78 is 13.1. The molecule has 2 heterocycles. The normalized spacial score (nSPS) is 20.6. The molecule has 124 valence electrons. The third-order valence-electron chi connectivity index (χ3n) is 4.69. The molecule has 0 unspecified atom stereocenters. The summed E-state index contributed by atoms with van der Waals surface area (Å²) in [6.45, 7) is 1.65. The van der Waals surface area contributed by atoms with Gasteiger partial charge >= 0.3 is 0 Å². The molecule has 0 amide bonds. The van der Waals surface area contributed by atoms with Gasteiger partial charge in [-0.3, -0.25) is 0 Å². The first-order chi connectivity index (χ1) is 11.6. The van der Waals surface area contributed by atoms with E-state index in [1.54, 1.807) is 24.4 Å². The quantitative estimate of drug-likeness (QED) is 0.939. The molecule has 1 N–H and O–H groups in total. The predicted molar refractivity (Wildman–Crippen MR) is 90.0 cm³/mol. The largest absolute Gasteiger partial charge is 0.396 e. The van der Waals surface area contributed by atoms with Crippen LogP contribution in [0.2, 0.25) is 0 Å². The Labute approximate surface area is 141 Å². The Bertz CT molecular complexity index is 724. The van der Waals surface area contributed by atoms with Gasteiger partial charge in [0.15, 0.2) is 0 Å². The number of aromatic nitrogens is 1. The molecule has 1 aromatic heterocycles. The average Bonchev–Trinajstić information content (AvgIpc) is 2.64. The molecule has 1 aromatic carbocycles. The minimum absolute atomic E-state index is 0.0805. The first kappa shape index (κ1) is 16.4. The van der Waals surface area contributed by atoms with E-state index in [-0.39, 0.29) is 17.8 Å². The third-order valence-corrected chi connectivity index (χ3v) is 4.69. The van der Waals surface area contributed by atoms with Crippen molar-refractivity contribution in [3.05, 3.63) is 59.5 Å². The van der Waals surface area contributed by atoms with Gasteiger partial charge < -0.3 is 10.0 Å². The lowest BCUT2D eigenvalue weighted by Crippen LogP contribution is -2.47. The number of rotatable bonds is 4. The zero-order valence-electron chi connectivity index (χ0n) is 13.5. The lowest BCUT2D eigenvalue weighted by atomic mass is 9.75. The van der Waals surface area contributed by atoms with Gasteiger partial charge in [0, 0.05) is 24.7 Å². The topological polar surface area (TPSA) is 60.2 Å². The Hall–Kier alpha value is -2.45. The number of nitrogens with zero attached hydrogens (tertiary/aromatic N) is 3. The Morgan fingerprint density at radius 3 is 2.67 bits per heavy atom. The number of hydrogen-bond donors (Lipinski definition) is 1. The van der Waals surface area contributed by atoms with Crippen molar-refractivity contribution in [2.24, 2.45) is 5.41 Å². The monoisotopic (exact) mass is 325 g/mol. The van der Waals surface area contributed by atoms with Gasteiger partial charge in [0.1, 0.15) is 17.7 Å². The van der Waals surface area contributed by atoms with Crippen LogP contribution in [-0.4, -0.2) is 29.8 Å². The lowest BCUT2D eigenvalue weighted by molar-refractivity contribution is 0.105. The van der Waals surface area contributed by atoms with Crippen LogP contribution in [0.3, 0.4) is 0 Å². The van der Waals surface area contributed by atoms with Crippen LogP contribution in [0, 0.1) is 22.6 Å². The standard InChI is InChI=1S/C19H20FN3O/c20-17-5-2-15(3-6-17)10-19(14-24)8-1-9-23(13-19)18-7-4-16(11-21)12-22-18/h2-7,12,24H,1,8-10,13-14H2/t19-/m0/s1. The molecule has 0 radical (unpaired) electrons. The number of aliphatic hydroxyl groups excluding tert-OH is 1. The molecule has 1 saturated heterocycles. The molecular weight excluding hydrogens is 305 g/mol. The molecule has 0 bridgehead atoms. The van der Waals surface area contributed by atoms with Crippen molar-refractivity contribution in [2.75, 3.05) is 24.6 Å². The molecule has 1 aliphatic heterocycles. The Morgan fingerprint density at radius 2 is 2.04 bits per heavy atom. The molecule has 2 aromatic rings. The van der Waals surface area contributed by atoms with E-state index in [4.69, 9.17) is 5.26 Å². The first-order valence-electron chi connectivity index (χ1n) is 8.11. The van der Waals surface area contributed by atoms with Crippen LogP contribution in [-0.2, 0) is 6.42 Å². The molecule has 24 heavy (non-hydrogen) atoms.